The number of rotatable bonds is 6. The zero-order chi connectivity index (χ0) is 21.5. The molecule has 1 aliphatic carbocycles. The molecule has 1 aliphatic heterocycles. The van der Waals surface area contributed by atoms with Gasteiger partial charge in [0, 0.05) is 22.9 Å². The first-order chi connectivity index (χ1) is 14.4. The molecule has 1 aromatic carbocycles. The van der Waals surface area contributed by atoms with Crippen LogP contribution in [-0.2, 0) is 4.79 Å². The molecule has 0 amide bonds. The molecular weight excluding hydrogens is 447 g/mol. The summed E-state index contributed by atoms with van der Waals surface area (Å²) < 4.78 is 0. The summed E-state index contributed by atoms with van der Waals surface area (Å²) in [6, 6.07) is 9.71. The average Bonchev–Trinajstić information content (AvgIpc) is 3.20. The van der Waals surface area contributed by atoms with Crippen LogP contribution in [0.5, 0.6) is 0 Å². The number of nitrogens with zero attached hydrogens (tertiary/aromatic N) is 3. The van der Waals surface area contributed by atoms with Crippen molar-refractivity contribution in [2.24, 2.45) is 10.9 Å². The second-order valence-electron chi connectivity index (χ2n) is 8.38. The smallest absolute Gasteiger partial charge is 0.188 e. The second-order valence-corrected chi connectivity index (χ2v) is 8.38. The molecule has 32 heavy (non-hydrogen) atoms. The van der Waals surface area contributed by atoms with Crippen molar-refractivity contribution in [1.82, 2.24) is 14.9 Å². The summed E-state index contributed by atoms with van der Waals surface area (Å²) in [5, 5.41) is 0. The number of ketones is 2. The molecule has 1 N–H and O–H groups in total. The van der Waals surface area contributed by atoms with Crippen LogP contribution in [0.25, 0.3) is 17.0 Å². The summed E-state index contributed by atoms with van der Waals surface area (Å²) in [6.07, 6.45) is 2.34. The molecule has 172 valence electrons. The maximum Gasteiger partial charge on any atom is 0.188 e. The van der Waals surface area contributed by atoms with E-state index in [4.69, 9.17) is 4.98 Å². The SMILES string of the molecule is CCN(CC)CCC1C(=O)c2[nH]c(-c3ccccc3)nc2C2=C1C(=O)C(C)(C)N=C2.Cl.Cl. The predicted octanol–water partition coefficient (Wildman–Crippen LogP) is 4.65. The highest BCUT2D eigenvalue weighted by atomic mass is 35.5. The molecule has 2 heterocycles. The van der Waals surface area contributed by atoms with Gasteiger partial charge in [-0.15, -0.1) is 24.8 Å². The number of fused-ring (bicyclic) bond motifs is 2. The van der Waals surface area contributed by atoms with Crippen molar-refractivity contribution in [2.75, 3.05) is 19.6 Å². The number of H-pyrrole nitrogens is 1. The van der Waals surface area contributed by atoms with E-state index in [2.05, 4.69) is 28.7 Å². The number of imidazole rings is 1. The number of Topliss-reactive ketones (excluding diaryl/α,β-unsaturated/α-hetero) is 2. The number of aliphatic imine (C=N–C) groups is 1. The van der Waals surface area contributed by atoms with E-state index in [0.29, 0.717) is 34.8 Å². The van der Waals surface area contributed by atoms with E-state index >= 15 is 0 Å². The fourth-order valence-corrected chi connectivity index (χ4v) is 4.25. The Hall–Kier alpha value is -2.28. The van der Waals surface area contributed by atoms with Gasteiger partial charge in [-0.1, -0.05) is 44.2 Å². The summed E-state index contributed by atoms with van der Waals surface area (Å²) in [7, 11) is 0. The predicted molar refractivity (Wildman–Crippen MR) is 133 cm³/mol. The number of halogens is 2. The molecular formula is C24H30Cl2N4O2. The number of aromatic nitrogens is 2. The van der Waals surface area contributed by atoms with Crippen LogP contribution in [0.15, 0.2) is 40.9 Å². The topological polar surface area (TPSA) is 78.4 Å². The Morgan fingerprint density at radius 1 is 1.06 bits per heavy atom. The van der Waals surface area contributed by atoms with Crippen LogP contribution in [0.4, 0.5) is 0 Å². The standard InChI is InChI=1S/C24H28N4O2.2ClH/c1-5-28(6-2)13-12-16-18-17(14-25-24(3,4)22(18)30)19-20(21(16)29)27-23(26-19)15-10-8-7-9-11-15;;/h7-11,14,16H,5-6,12-13H2,1-4H3,(H,26,27);2*1H. The Morgan fingerprint density at radius 3 is 2.34 bits per heavy atom. The van der Waals surface area contributed by atoms with Crippen LogP contribution in [0.2, 0.25) is 0 Å². The molecule has 4 rings (SSSR count). The van der Waals surface area contributed by atoms with E-state index < -0.39 is 11.5 Å². The minimum Gasteiger partial charge on any atom is -0.335 e. The zero-order valence-corrected chi connectivity index (χ0v) is 20.5. The lowest BCUT2D eigenvalue weighted by Crippen LogP contribution is -2.41. The highest BCUT2D eigenvalue weighted by Crippen LogP contribution is 2.41. The average molecular weight is 477 g/mol. The van der Waals surface area contributed by atoms with Crippen LogP contribution < -0.4 is 0 Å². The maximum absolute atomic E-state index is 13.5. The highest BCUT2D eigenvalue weighted by molar-refractivity contribution is 6.30. The third-order valence-electron chi connectivity index (χ3n) is 6.15. The van der Waals surface area contributed by atoms with Gasteiger partial charge in [0.2, 0.25) is 0 Å². The number of hydrogen-bond donors (Lipinski definition) is 1. The van der Waals surface area contributed by atoms with Gasteiger partial charge in [0.05, 0.1) is 5.92 Å². The molecule has 0 spiro atoms. The van der Waals surface area contributed by atoms with Gasteiger partial charge < -0.3 is 9.88 Å². The molecule has 0 saturated carbocycles. The Bertz CT molecular complexity index is 1050. The molecule has 6 nitrogen and oxygen atoms in total. The van der Waals surface area contributed by atoms with Crippen LogP contribution in [0, 0.1) is 5.92 Å². The number of benzene rings is 1. The van der Waals surface area contributed by atoms with Crippen molar-refractivity contribution in [1.29, 1.82) is 0 Å². The van der Waals surface area contributed by atoms with Gasteiger partial charge >= 0.3 is 0 Å². The largest absolute Gasteiger partial charge is 0.335 e. The number of carbonyl (C=O) groups is 2. The molecule has 8 heteroatoms. The number of allylic oxidation sites excluding steroid dienone is 1. The third-order valence-corrected chi connectivity index (χ3v) is 6.15. The van der Waals surface area contributed by atoms with E-state index in [9.17, 15) is 9.59 Å². The van der Waals surface area contributed by atoms with Crippen molar-refractivity contribution >= 4 is 48.2 Å². The van der Waals surface area contributed by atoms with Crippen LogP contribution >= 0.6 is 24.8 Å². The van der Waals surface area contributed by atoms with Crippen molar-refractivity contribution in [3.05, 3.63) is 47.3 Å². The third kappa shape index (κ3) is 4.45. The Kier molecular flexibility index (Phi) is 8.21. The molecule has 0 radical (unpaired) electrons. The lowest BCUT2D eigenvalue weighted by molar-refractivity contribution is -0.119. The fourth-order valence-electron chi connectivity index (χ4n) is 4.25. The lowest BCUT2D eigenvalue weighted by Gasteiger charge is -2.33. The van der Waals surface area contributed by atoms with E-state index in [1.807, 2.05) is 30.3 Å². The summed E-state index contributed by atoms with van der Waals surface area (Å²) in [6.45, 7) is 10.4. The van der Waals surface area contributed by atoms with Crippen LogP contribution in [0.3, 0.4) is 0 Å². The number of hydrogen-bond acceptors (Lipinski definition) is 5. The van der Waals surface area contributed by atoms with E-state index in [1.54, 1.807) is 20.1 Å². The van der Waals surface area contributed by atoms with Crippen molar-refractivity contribution in [3.63, 3.8) is 0 Å². The molecule has 2 aliphatic rings. The van der Waals surface area contributed by atoms with Gasteiger partial charge in [-0.2, -0.15) is 0 Å². The maximum atomic E-state index is 13.5. The monoisotopic (exact) mass is 476 g/mol. The summed E-state index contributed by atoms with van der Waals surface area (Å²) in [5.74, 6) is 0.0319. The fraction of sp³-hybridized carbons (Fsp3) is 0.417. The molecule has 0 bridgehead atoms. The number of dihydropyridines is 1. The minimum absolute atomic E-state index is 0. The minimum atomic E-state index is -0.858. The highest BCUT2D eigenvalue weighted by Gasteiger charge is 2.45. The molecule has 1 unspecified atom stereocenters. The van der Waals surface area contributed by atoms with Gasteiger partial charge in [-0.05, 0) is 39.9 Å². The first-order valence-electron chi connectivity index (χ1n) is 10.6. The van der Waals surface area contributed by atoms with Crippen molar-refractivity contribution in [3.8, 4) is 11.4 Å². The quantitative estimate of drug-likeness (QED) is 0.657. The summed E-state index contributed by atoms with van der Waals surface area (Å²) in [4.78, 5) is 41.6. The number of nitrogens with one attached hydrogen (secondary N) is 1. The first kappa shape index (κ1) is 26.0. The van der Waals surface area contributed by atoms with Gasteiger partial charge in [0.15, 0.2) is 11.6 Å². The first-order valence-corrected chi connectivity index (χ1v) is 10.6. The Labute approximate surface area is 201 Å². The van der Waals surface area contributed by atoms with Crippen LogP contribution in [0.1, 0.15) is 50.3 Å². The lowest BCUT2D eigenvalue weighted by atomic mass is 9.73. The molecule has 1 aromatic heterocycles. The van der Waals surface area contributed by atoms with E-state index in [1.165, 1.54) is 0 Å². The Balaban J connectivity index is 0.00000181. The number of aromatic amines is 1. The molecule has 1 atom stereocenters. The molecule has 0 fully saturated rings. The van der Waals surface area contributed by atoms with Gasteiger partial charge in [0.25, 0.3) is 0 Å². The normalized spacial score (nSPS) is 18.7. The van der Waals surface area contributed by atoms with E-state index in [-0.39, 0.29) is 36.4 Å². The summed E-state index contributed by atoms with van der Waals surface area (Å²) in [5.41, 5.74) is 2.34. The van der Waals surface area contributed by atoms with Crippen molar-refractivity contribution < 1.29 is 9.59 Å². The zero-order valence-electron chi connectivity index (χ0n) is 18.8. The number of carbonyl (C=O) groups excluding carboxylic acids is 2. The van der Waals surface area contributed by atoms with Gasteiger partial charge in [-0.3, -0.25) is 14.6 Å². The van der Waals surface area contributed by atoms with E-state index in [0.717, 1.165) is 25.2 Å². The van der Waals surface area contributed by atoms with Crippen molar-refractivity contribution in [2.45, 2.75) is 39.7 Å². The van der Waals surface area contributed by atoms with Gasteiger partial charge in [0.1, 0.15) is 22.8 Å². The second kappa shape index (κ2) is 10.1. The van der Waals surface area contributed by atoms with Gasteiger partial charge in [-0.25, -0.2) is 4.98 Å². The van der Waals surface area contributed by atoms with Crippen LogP contribution in [-0.4, -0.2) is 57.8 Å². The molecule has 0 saturated heterocycles. The Morgan fingerprint density at radius 2 is 1.72 bits per heavy atom. The summed E-state index contributed by atoms with van der Waals surface area (Å²) >= 11 is 0. The molecule has 2 aromatic rings.